The van der Waals surface area contributed by atoms with Gasteiger partial charge in [-0.1, -0.05) is 5.16 Å². The van der Waals surface area contributed by atoms with E-state index in [1.807, 2.05) is 11.8 Å². The van der Waals surface area contributed by atoms with Crippen LogP contribution < -0.4 is 0 Å². The van der Waals surface area contributed by atoms with E-state index >= 15 is 0 Å². The van der Waals surface area contributed by atoms with Crippen LogP contribution in [0.2, 0.25) is 0 Å². The van der Waals surface area contributed by atoms with E-state index in [2.05, 4.69) is 12.1 Å². The smallest absolute Gasteiger partial charge is 0.0697 e. The van der Waals surface area contributed by atoms with Crippen molar-refractivity contribution in [3.63, 3.8) is 0 Å². The lowest BCUT2D eigenvalue weighted by molar-refractivity contribution is 0.316. The molecule has 52 valence electrons. The van der Waals surface area contributed by atoms with E-state index in [1.54, 1.807) is 0 Å². The van der Waals surface area contributed by atoms with Crippen LogP contribution in [0.3, 0.4) is 0 Å². The molecule has 1 aliphatic heterocycles. The van der Waals surface area contributed by atoms with Crippen LogP contribution in [-0.4, -0.2) is 21.9 Å². The van der Waals surface area contributed by atoms with Crippen LogP contribution in [0.4, 0.5) is 0 Å². The molecule has 0 aromatic rings. The Labute approximate surface area is 59.3 Å². The Morgan fingerprint density at radius 2 is 2.56 bits per heavy atom. The van der Waals surface area contributed by atoms with Gasteiger partial charge in [-0.05, 0) is 25.5 Å². The number of thioether (sulfide) groups is 1. The maximum atomic E-state index is 8.44. The molecule has 0 saturated carbocycles. The van der Waals surface area contributed by atoms with E-state index in [0.29, 0.717) is 5.25 Å². The molecule has 1 N–H and O–H groups in total. The number of rotatable bonds is 0. The Morgan fingerprint density at radius 1 is 1.78 bits per heavy atom. The van der Waals surface area contributed by atoms with Gasteiger partial charge in [0.25, 0.3) is 0 Å². The van der Waals surface area contributed by atoms with Gasteiger partial charge in [0.1, 0.15) is 0 Å². The predicted molar refractivity (Wildman–Crippen MR) is 40.4 cm³/mol. The molecule has 1 unspecified atom stereocenters. The molecule has 3 heteroatoms. The molecular weight excluding hydrogens is 134 g/mol. The van der Waals surface area contributed by atoms with Gasteiger partial charge in [0, 0.05) is 5.25 Å². The van der Waals surface area contributed by atoms with Crippen LogP contribution in [0.1, 0.15) is 19.8 Å². The van der Waals surface area contributed by atoms with E-state index in [1.165, 1.54) is 5.75 Å². The summed E-state index contributed by atoms with van der Waals surface area (Å²) in [7, 11) is 0. The SMILES string of the molecule is CC1SCCCC1=NO. The fourth-order valence-corrected chi connectivity index (χ4v) is 1.97. The minimum Gasteiger partial charge on any atom is -0.411 e. The van der Waals surface area contributed by atoms with Gasteiger partial charge < -0.3 is 5.21 Å². The summed E-state index contributed by atoms with van der Waals surface area (Å²) < 4.78 is 0. The Hall–Kier alpha value is -0.180. The Bertz CT molecular complexity index is 124. The molecule has 9 heavy (non-hydrogen) atoms. The predicted octanol–water partition coefficient (Wildman–Crippen LogP) is 1.73. The van der Waals surface area contributed by atoms with Crippen LogP contribution in [0.25, 0.3) is 0 Å². The van der Waals surface area contributed by atoms with Crippen LogP contribution in [0.5, 0.6) is 0 Å². The zero-order valence-electron chi connectivity index (χ0n) is 5.50. The van der Waals surface area contributed by atoms with E-state index in [4.69, 9.17) is 5.21 Å². The van der Waals surface area contributed by atoms with Crippen LogP contribution in [0.15, 0.2) is 5.16 Å². The second kappa shape index (κ2) is 3.11. The van der Waals surface area contributed by atoms with Gasteiger partial charge in [-0.2, -0.15) is 11.8 Å². The highest BCUT2D eigenvalue weighted by Gasteiger charge is 2.15. The molecule has 0 aromatic carbocycles. The standard InChI is InChI=1S/C6H11NOS/c1-5-6(7-8)3-2-4-9-5/h5,8H,2-4H2,1H3. The van der Waals surface area contributed by atoms with E-state index in [-0.39, 0.29) is 0 Å². The molecule has 2 nitrogen and oxygen atoms in total. The summed E-state index contributed by atoms with van der Waals surface area (Å²) in [4.78, 5) is 0. The fourth-order valence-electron chi connectivity index (χ4n) is 0.944. The average Bonchev–Trinajstić information content (AvgIpc) is 1.89. The first kappa shape index (κ1) is 6.93. The van der Waals surface area contributed by atoms with Gasteiger partial charge in [0.05, 0.1) is 5.71 Å². The first-order valence-corrected chi connectivity index (χ1v) is 4.22. The lowest BCUT2D eigenvalue weighted by Gasteiger charge is -2.17. The number of oxime groups is 1. The lowest BCUT2D eigenvalue weighted by Crippen LogP contribution is -2.18. The van der Waals surface area contributed by atoms with E-state index in [9.17, 15) is 0 Å². The molecule has 0 bridgehead atoms. The third-order valence-electron chi connectivity index (χ3n) is 1.54. The summed E-state index contributed by atoms with van der Waals surface area (Å²) >= 11 is 1.86. The number of nitrogens with zero attached hydrogens (tertiary/aromatic N) is 1. The van der Waals surface area contributed by atoms with Gasteiger partial charge in [0.2, 0.25) is 0 Å². The molecule has 1 rings (SSSR count). The van der Waals surface area contributed by atoms with Gasteiger partial charge in [-0.15, -0.1) is 0 Å². The third-order valence-corrected chi connectivity index (χ3v) is 2.84. The zero-order valence-corrected chi connectivity index (χ0v) is 6.32. The maximum Gasteiger partial charge on any atom is 0.0697 e. The van der Waals surface area contributed by atoms with Crippen LogP contribution in [0, 0.1) is 0 Å². The minimum atomic E-state index is 0.434. The van der Waals surface area contributed by atoms with Crippen molar-refractivity contribution in [2.24, 2.45) is 5.16 Å². The Kier molecular flexibility index (Phi) is 2.39. The number of hydrogen-bond donors (Lipinski definition) is 1. The largest absolute Gasteiger partial charge is 0.411 e. The fraction of sp³-hybridized carbons (Fsp3) is 0.833. The van der Waals surface area contributed by atoms with Crippen LogP contribution >= 0.6 is 11.8 Å². The Balaban J connectivity index is 2.49. The quantitative estimate of drug-likeness (QED) is 0.416. The number of hydrogen-bond acceptors (Lipinski definition) is 3. The summed E-state index contributed by atoms with van der Waals surface area (Å²) in [6.07, 6.45) is 2.14. The van der Waals surface area contributed by atoms with Crippen molar-refractivity contribution in [3.8, 4) is 0 Å². The van der Waals surface area contributed by atoms with Crippen molar-refractivity contribution in [1.82, 2.24) is 0 Å². The van der Waals surface area contributed by atoms with Crippen molar-refractivity contribution in [3.05, 3.63) is 0 Å². The van der Waals surface area contributed by atoms with Gasteiger partial charge in [-0.3, -0.25) is 0 Å². The van der Waals surface area contributed by atoms with Crippen molar-refractivity contribution >= 4 is 17.5 Å². The summed E-state index contributed by atoms with van der Waals surface area (Å²) in [5.41, 5.74) is 0.950. The lowest BCUT2D eigenvalue weighted by atomic mass is 10.2. The Morgan fingerprint density at radius 3 is 3.00 bits per heavy atom. The van der Waals surface area contributed by atoms with E-state index in [0.717, 1.165) is 18.6 Å². The molecular formula is C6H11NOS. The first-order valence-electron chi connectivity index (χ1n) is 3.17. The third kappa shape index (κ3) is 1.61. The van der Waals surface area contributed by atoms with Crippen molar-refractivity contribution in [1.29, 1.82) is 0 Å². The summed E-state index contributed by atoms with van der Waals surface area (Å²) in [6, 6.07) is 0. The topological polar surface area (TPSA) is 32.6 Å². The summed E-state index contributed by atoms with van der Waals surface area (Å²) in [6.45, 7) is 2.08. The zero-order chi connectivity index (χ0) is 6.69. The molecule has 0 radical (unpaired) electrons. The minimum absolute atomic E-state index is 0.434. The van der Waals surface area contributed by atoms with Crippen molar-refractivity contribution < 1.29 is 5.21 Å². The molecule has 0 spiro atoms. The van der Waals surface area contributed by atoms with Crippen molar-refractivity contribution in [2.45, 2.75) is 25.0 Å². The van der Waals surface area contributed by atoms with Gasteiger partial charge in [-0.25, -0.2) is 0 Å². The second-order valence-corrected chi connectivity index (χ2v) is 3.66. The van der Waals surface area contributed by atoms with E-state index < -0.39 is 0 Å². The molecule has 1 fully saturated rings. The highest BCUT2D eigenvalue weighted by Crippen LogP contribution is 2.22. The monoisotopic (exact) mass is 145 g/mol. The normalized spacial score (nSPS) is 33.0. The van der Waals surface area contributed by atoms with Crippen molar-refractivity contribution in [2.75, 3.05) is 5.75 Å². The molecule has 0 aromatic heterocycles. The first-order chi connectivity index (χ1) is 4.34. The van der Waals surface area contributed by atoms with Crippen LogP contribution in [-0.2, 0) is 0 Å². The summed E-state index contributed by atoms with van der Waals surface area (Å²) in [5.74, 6) is 1.21. The molecule has 1 aliphatic rings. The maximum absolute atomic E-state index is 8.44. The molecule has 0 amide bonds. The average molecular weight is 145 g/mol. The molecule has 1 heterocycles. The molecule has 1 saturated heterocycles. The molecule has 0 aliphatic carbocycles. The highest BCUT2D eigenvalue weighted by atomic mass is 32.2. The highest BCUT2D eigenvalue weighted by molar-refractivity contribution is 8.00. The molecule has 1 atom stereocenters. The van der Waals surface area contributed by atoms with Gasteiger partial charge >= 0.3 is 0 Å². The summed E-state index contributed by atoms with van der Waals surface area (Å²) in [5, 5.41) is 12.1. The van der Waals surface area contributed by atoms with Gasteiger partial charge in [0.15, 0.2) is 0 Å². The second-order valence-electron chi connectivity index (χ2n) is 2.21.